The van der Waals surface area contributed by atoms with Gasteiger partial charge in [-0.05, 0) is 103 Å². The standard InChI is InChI=1S/C31H27NO/c1-2-9-20(10-3-1)27-19-28-25-15-8-16-26(29-22-12-5-4-11-21(22)17-18-32-29)30(25)33-31(28)24-14-7-6-13-23(24)27/h1-3,8-10,15-19H,4-7,11-14H2. The molecule has 2 heterocycles. The SMILES string of the molecule is c1ccc(-c2cc3c(oc4c(-c5nccc6c5CCCC6)cccc43)c3c2CCCC3)cc1. The van der Waals surface area contributed by atoms with Gasteiger partial charge in [0.05, 0.1) is 5.69 Å². The van der Waals surface area contributed by atoms with Gasteiger partial charge in [-0.1, -0.05) is 42.5 Å². The van der Waals surface area contributed by atoms with E-state index in [0.717, 1.165) is 48.1 Å². The minimum Gasteiger partial charge on any atom is -0.455 e. The topological polar surface area (TPSA) is 26.0 Å². The molecule has 0 amide bonds. The normalized spacial score (nSPS) is 15.5. The summed E-state index contributed by atoms with van der Waals surface area (Å²) in [5.41, 5.74) is 12.8. The average Bonchev–Trinajstić information content (AvgIpc) is 3.27. The van der Waals surface area contributed by atoms with Crippen molar-refractivity contribution >= 4 is 21.9 Å². The molecule has 0 bridgehead atoms. The Morgan fingerprint density at radius 1 is 0.606 bits per heavy atom. The molecule has 0 unspecified atom stereocenters. The lowest BCUT2D eigenvalue weighted by Gasteiger charge is -2.20. The maximum absolute atomic E-state index is 6.78. The van der Waals surface area contributed by atoms with E-state index < -0.39 is 0 Å². The van der Waals surface area contributed by atoms with Crippen molar-refractivity contribution < 1.29 is 4.42 Å². The Morgan fingerprint density at radius 3 is 2.27 bits per heavy atom. The lowest BCUT2D eigenvalue weighted by atomic mass is 9.84. The van der Waals surface area contributed by atoms with Gasteiger partial charge in [0.15, 0.2) is 0 Å². The highest BCUT2D eigenvalue weighted by Gasteiger charge is 2.24. The van der Waals surface area contributed by atoms with E-state index >= 15 is 0 Å². The van der Waals surface area contributed by atoms with Crippen LogP contribution >= 0.6 is 0 Å². The van der Waals surface area contributed by atoms with Crippen LogP contribution in [0.25, 0.3) is 44.3 Å². The quantitative estimate of drug-likeness (QED) is 0.283. The number of hydrogen-bond donors (Lipinski definition) is 0. The highest BCUT2D eigenvalue weighted by Crippen LogP contribution is 2.44. The van der Waals surface area contributed by atoms with Crippen molar-refractivity contribution in [2.45, 2.75) is 51.4 Å². The number of fused-ring (bicyclic) bond motifs is 6. The van der Waals surface area contributed by atoms with Crippen LogP contribution in [0.1, 0.15) is 47.9 Å². The Bertz CT molecular complexity index is 1510. The molecule has 0 fully saturated rings. The van der Waals surface area contributed by atoms with E-state index in [2.05, 4.69) is 60.7 Å². The first-order chi connectivity index (χ1) is 16.4. The van der Waals surface area contributed by atoms with Crippen molar-refractivity contribution in [2.24, 2.45) is 0 Å². The predicted octanol–water partition coefficient (Wildman–Crippen LogP) is 8.07. The van der Waals surface area contributed by atoms with Gasteiger partial charge in [-0.15, -0.1) is 0 Å². The molecule has 0 saturated heterocycles. The summed E-state index contributed by atoms with van der Waals surface area (Å²) in [5, 5.41) is 2.46. The molecule has 33 heavy (non-hydrogen) atoms. The van der Waals surface area contributed by atoms with Crippen LogP contribution in [-0.4, -0.2) is 4.98 Å². The largest absolute Gasteiger partial charge is 0.455 e. The molecule has 3 aromatic carbocycles. The van der Waals surface area contributed by atoms with Crippen LogP contribution in [0, 0.1) is 0 Å². The summed E-state index contributed by atoms with van der Waals surface area (Å²) < 4.78 is 6.78. The first kappa shape index (κ1) is 19.1. The number of hydrogen-bond acceptors (Lipinski definition) is 2. The Balaban J connectivity index is 1.53. The van der Waals surface area contributed by atoms with Crippen molar-refractivity contribution in [1.29, 1.82) is 0 Å². The lowest BCUT2D eigenvalue weighted by Crippen LogP contribution is -2.05. The molecule has 0 saturated carbocycles. The number of rotatable bonds is 2. The van der Waals surface area contributed by atoms with E-state index in [1.54, 1.807) is 0 Å². The van der Waals surface area contributed by atoms with Crippen LogP contribution in [0.3, 0.4) is 0 Å². The Kier molecular flexibility index (Phi) is 4.40. The second-order valence-electron chi connectivity index (χ2n) is 9.62. The highest BCUT2D eigenvalue weighted by molar-refractivity contribution is 6.12. The molecular weight excluding hydrogens is 402 g/mol. The van der Waals surface area contributed by atoms with E-state index in [1.807, 2.05) is 6.20 Å². The molecule has 162 valence electrons. The van der Waals surface area contributed by atoms with E-state index in [-0.39, 0.29) is 0 Å². The van der Waals surface area contributed by atoms with Gasteiger partial charge in [-0.25, -0.2) is 0 Å². The van der Waals surface area contributed by atoms with Crippen molar-refractivity contribution in [1.82, 2.24) is 4.98 Å². The second kappa shape index (κ2) is 7.59. The molecule has 5 aromatic rings. The number of aryl methyl sites for hydroxylation is 2. The molecular formula is C31H27NO. The van der Waals surface area contributed by atoms with Gasteiger partial charge in [-0.3, -0.25) is 4.98 Å². The van der Waals surface area contributed by atoms with Crippen LogP contribution in [0.5, 0.6) is 0 Å². The molecule has 2 heteroatoms. The Hall–Kier alpha value is -3.39. The minimum atomic E-state index is 0.997. The van der Waals surface area contributed by atoms with Crippen molar-refractivity contribution in [2.75, 3.05) is 0 Å². The van der Waals surface area contributed by atoms with Gasteiger partial charge >= 0.3 is 0 Å². The maximum Gasteiger partial charge on any atom is 0.144 e. The summed E-state index contributed by atoms with van der Waals surface area (Å²) in [6.45, 7) is 0. The summed E-state index contributed by atoms with van der Waals surface area (Å²) in [7, 11) is 0. The number of para-hydroxylation sites is 1. The van der Waals surface area contributed by atoms with Gasteiger partial charge in [0, 0.05) is 22.5 Å². The molecule has 0 N–H and O–H groups in total. The van der Waals surface area contributed by atoms with E-state index in [0.29, 0.717) is 0 Å². The van der Waals surface area contributed by atoms with Crippen LogP contribution < -0.4 is 0 Å². The highest BCUT2D eigenvalue weighted by atomic mass is 16.3. The maximum atomic E-state index is 6.78. The average molecular weight is 430 g/mol. The zero-order valence-electron chi connectivity index (χ0n) is 18.9. The summed E-state index contributed by atoms with van der Waals surface area (Å²) in [4.78, 5) is 4.88. The summed E-state index contributed by atoms with van der Waals surface area (Å²) in [6.07, 6.45) is 11.5. The molecule has 0 spiro atoms. The van der Waals surface area contributed by atoms with Crippen molar-refractivity contribution in [3.05, 3.63) is 89.1 Å². The van der Waals surface area contributed by atoms with Crippen LogP contribution in [0.4, 0.5) is 0 Å². The van der Waals surface area contributed by atoms with Crippen LogP contribution in [0.2, 0.25) is 0 Å². The number of pyridine rings is 1. The zero-order valence-corrected chi connectivity index (χ0v) is 18.9. The molecule has 0 radical (unpaired) electrons. The third-order valence-corrected chi connectivity index (χ3v) is 7.73. The van der Waals surface area contributed by atoms with Crippen molar-refractivity contribution in [3.8, 4) is 22.4 Å². The van der Waals surface area contributed by atoms with E-state index in [9.17, 15) is 0 Å². The summed E-state index contributed by atoms with van der Waals surface area (Å²) >= 11 is 0. The Morgan fingerprint density at radius 2 is 1.39 bits per heavy atom. The fourth-order valence-electron chi connectivity index (χ4n) is 6.15. The smallest absolute Gasteiger partial charge is 0.144 e. The van der Waals surface area contributed by atoms with Gasteiger partial charge in [0.25, 0.3) is 0 Å². The van der Waals surface area contributed by atoms with E-state index in [1.165, 1.54) is 69.8 Å². The zero-order chi connectivity index (χ0) is 21.8. The number of nitrogens with zero attached hydrogens (tertiary/aromatic N) is 1. The minimum absolute atomic E-state index is 0.997. The number of benzene rings is 3. The first-order valence-electron chi connectivity index (χ1n) is 12.4. The van der Waals surface area contributed by atoms with Crippen LogP contribution in [-0.2, 0) is 25.7 Å². The predicted molar refractivity (Wildman–Crippen MR) is 136 cm³/mol. The molecule has 7 rings (SSSR count). The van der Waals surface area contributed by atoms with Crippen LogP contribution in [0.15, 0.2) is 71.3 Å². The molecule has 2 nitrogen and oxygen atoms in total. The Labute approximate surface area is 194 Å². The second-order valence-corrected chi connectivity index (χ2v) is 9.62. The fraction of sp³-hybridized carbons (Fsp3) is 0.258. The third-order valence-electron chi connectivity index (χ3n) is 7.73. The molecule has 2 aliphatic rings. The lowest BCUT2D eigenvalue weighted by molar-refractivity contribution is 0.638. The molecule has 2 aromatic heterocycles. The number of aromatic nitrogens is 1. The molecule has 0 aliphatic heterocycles. The van der Waals surface area contributed by atoms with Gasteiger partial charge < -0.3 is 4.42 Å². The van der Waals surface area contributed by atoms with Gasteiger partial charge in [0.1, 0.15) is 11.2 Å². The summed E-state index contributed by atoms with van der Waals surface area (Å²) in [5.74, 6) is 0. The van der Waals surface area contributed by atoms with Gasteiger partial charge in [0.2, 0.25) is 0 Å². The third kappa shape index (κ3) is 2.97. The van der Waals surface area contributed by atoms with Crippen molar-refractivity contribution in [3.63, 3.8) is 0 Å². The molecule has 2 aliphatic carbocycles. The fourth-order valence-corrected chi connectivity index (χ4v) is 6.15. The van der Waals surface area contributed by atoms with E-state index in [4.69, 9.17) is 9.40 Å². The number of furan rings is 1. The monoisotopic (exact) mass is 429 g/mol. The molecule has 0 atom stereocenters. The summed E-state index contributed by atoms with van der Waals surface area (Å²) in [6, 6.07) is 22.1. The van der Waals surface area contributed by atoms with Gasteiger partial charge in [-0.2, -0.15) is 0 Å². The first-order valence-corrected chi connectivity index (χ1v) is 12.4.